The third kappa shape index (κ3) is 5.71. The van der Waals surface area contributed by atoms with Crippen LogP contribution in [0.5, 0.6) is 17.4 Å². The Morgan fingerprint density at radius 3 is 2.44 bits per heavy atom. The fraction of sp³-hybridized carbons (Fsp3) is 0.333. The summed E-state index contributed by atoms with van der Waals surface area (Å²) in [6, 6.07) is 11.7. The van der Waals surface area contributed by atoms with Crippen LogP contribution in [0, 0.1) is 0 Å². The number of hydrogen-bond acceptors (Lipinski definition) is 10. The van der Waals surface area contributed by atoms with Gasteiger partial charge in [0, 0.05) is 25.4 Å². The summed E-state index contributed by atoms with van der Waals surface area (Å²) in [4.78, 5) is 24.0. The van der Waals surface area contributed by atoms with Crippen molar-refractivity contribution in [3.05, 3.63) is 60.6 Å². The highest BCUT2D eigenvalue weighted by molar-refractivity contribution is 7.90. The molecule has 0 bridgehead atoms. The Morgan fingerprint density at radius 2 is 1.77 bits per heavy atom. The average Bonchev–Trinajstić information content (AvgIpc) is 3.38. The molecular weight excluding hydrogens is 522 g/mol. The lowest BCUT2D eigenvalue weighted by Gasteiger charge is -2.31. The second-order valence-corrected chi connectivity index (χ2v) is 11.3. The predicted molar refractivity (Wildman–Crippen MR) is 144 cm³/mol. The van der Waals surface area contributed by atoms with E-state index in [1.165, 1.54) is 19.7 Å². The van der Waals surface area contributed by atoms with Gasteiger partial charge in [-0.1, -0.05) is 0 Å². The normalized spacial score (nSPS) is 14.8. The van der Waals surface area contributed by atoms with Gasteiger partial charge < -0.3 is 14.2 Å². The topological polar surface area (TPSA) is 126 Å². The van der Waals surface area contributed by atoms with Gasteiger partial charge in [0.05, 0.1) is 43.1 Å². The fourth-order valence-electron chi connectivity index (χ4n) is 4.60. The van der Waals surface area contributed by atoms with Crippen LogP contribution in [0.4, 0.5) is 0 Å². The number of aromatic nitrogens is 4. The highest BCUT2D eigenvalue weighted by Crippen LogP contribution is 2.28. The van der Waals surface area contributed by atoms with Crippen molar-refractivity contribution < 1.29 is 27.4 Å². The molecule has 1 fully saturated rings. The zero-order valence-corrected chi connectivity index (χ0v) is 22.7. The number of nitrogens with zero attached hydrogens (tertiary/aromatic N) is 5. The number of likely N-dealkylation sites (tertiary alicyclic amines) is 1. The molecule has 0 saturated carbocycles. The molecule has 0 amide bonds. The molecule has 0 spiro atoms. The third-order valence-corrected chi connectivity index (χ3v) is 7.86. The summed E-state index contributed by atoms with van der Waals surface area (Å²) in [5, 5.41) is 5.09. The zero-order valence-electron chi connectivity index (χ0n) is 21.9. The number of hydrogen-bond donors (Lipinski definition) is 0. The van der Waals surface area contributed by atoms with E-state index in [1.54, 1.807) is 60.5 Å². The SMILES string of the molecule is COc1ccc(C(=O)CN2CCC(Oc3ncnc4c3cnn4-c3ccc(S(C)(=O)=O)cc3)CC2)c(OC)c1. The standard InChI is InChI=1S/C27H29N5O6S/c1-36-20-6-9-22(25(14-20)37-2)24(33)16-31-12-10-19(11-13-31)38-27-23-15-30-32(26(23)28-17-29-27)18-4-7-21(8-5-18)39(3,34)35/h4-9,14-15,17,19H,10-13,16H2,1-3H3. The minimum Gasteiger partial charge on any atom is -0.497 e. The minimum absolute atomic E-state index is 0.0108. The molecule has 11 nitrogen and oxygen atoms in total. The largest absolute Gasteiger partial charge is 0.497 e. The molecule has 1 saturated heterocycles. The molecule has 204 valence electrons. The van der Waals surface area contributed by atoms with Gasteiger partial charge in [0.25, 0.3) is 0 Å². The van der Waals surface area contributed by atoms with Crippen LogP contribution in [-0.2, 0) is 9.84 Å². The molecule has 1 aliphatic heterocycles. The molecule has 12 heteroatoms. The van der Waals surface area contributed by atoms with Gasteiger partial charge in [-0.15, -0.1) is 0 Å². The molecule has 0 radical (unpaired) electrons. The van der Waals surface area contributed by atoms with Gasteiger partial charge in [0.1, 0.15) is 29.3 Å². The summed E-state index contributed by atoms with van der Waals surface area (Å²) in [6.07, 6.45) is 5.64. The molecule has 2 aromatic heterocycles. The number of ketones is 1. The Kier molecular flexibility index (Phi) is 7.49. The zero-order chi connectivity index (χ0) is 27.6. The monoisotopic (exact) mass is 551 g/mol. The van der Waals surface area contributed by atoms with Crippen molar-refractivity contribution in [2.45, 2.75) is 23.8 Å². The van der Waals surface area contributed by atoms with Crippen LogP contribution < -0.4 is 14.2 Å². The molecule has 0 N–H and O–H groups in total. The summed E-state index contributed by atoms with van der Waals surface area (Å²) >= 11 is 0. The van der Waals surface area contributed by atoms with Crippen molar-refractivity contribution in [1.82, 2.24) is 24.6 Å². The summed E-state index contributed by atoms with van der Waals surface area (Å²) < 4.78 is 42.0. The van der Waals surface area contributed by atoms with E-state index < -0.39 is 9.84 Å². The highest BCUT2D eigenvalue weighted by atomic mass is 32.2. The van der Waals surface area contributed by atoms with Crippen molar-refractivity contribution in [1.29, 1.82) is 0 Å². The first-order valence-electron chi connectivity index (χ1n) is 12.4. The molecule has 3 heterocycles. The molecule has 4 aromatic rings. The van der Waals surface area contributed by atoms with E-state index in [4.69, 9.17) is 14.2 Å². The van der Waals surface area contributed by atoms with E-state index in [1.807, 2.05) is 0 Å². The number of sulfone groups is 1. The van der Waals surface area contributed by atoms with Crippen molar-refractivity contribution in [2.75, 3.05) is 40.1 Å². The first kappa shape index (κ1) is 26.6. The molecule has 0 unspecified atom stereocenters. The van der Waals surface area contributed by atoms with E-state index in [0.717, 1.165) is 12.8 Å². The molecule has 0 atom stereocenters. The fourth-order valence-corrected chi connectivity index (χ4v) is 5.23. The predicted octanol–water partition coefficient (Wildman–Crippen LogP) is 2.96. The lowest BCUT2D eigenvalue weighted by Crippen LogP contribution is -2.41. The second-order valence-electron chi connectivity index (χ2n) is 9.32. The molecule has 1 aliphatic rings. The summed E-state index contributed by atoms with van der Waals surface area (Å²) in [7, 11) is -0.182. The Morgan fingerprint density at radius 1 is 1.03 bits per heavy atom. The number of rotatable bonds is 9. The maximum absolute atomic E-state index is 12.9. The average molecular weight is 552 g/mol. The van der Waals surface area contributed by atoms with Crippen LogP contribution >= 0.6 is 0 Å². The van der Waals surface area contributed by atoms with Crippen LogP contribution in [0.1, 0.15) is 23.2 Å². The number of ether oxygens (including phenoxy) is 3. The quantitative estimate of drug-likeness (QED) is 0.287. The van der Waals surface area contributed by atoms with Gasteiger partial charge >= 0.3 is 0 Å². The number of Topliss-reactive ketones (excluding diaryl/α,β-unsaturated/α-hetero) is 1. The molecule has 39 heavy (non-hydrogen) atoms. The Labute approximate surface area is 226 Å². The van der Waals surface area contributed by atoms with E-state index in [9.17, 15) is 13.2 Å². The number of fused-ring (bicyclic) bond motifs is 1. The van der Waals surface area contributed by atoms with Crippen molar-refractivity contribution in [2.24, 2.45) is 0 Å². The lowest BCUT2D eigenvalue weighted by molar-refractivity contribution is 0.0780. The van der Waals surface area contributed by atoms with Gasteiger partial charge in [-0.05, 0) is 49.2 Å². The first-order valence-corrected chi connectivity index (χ1v) is 14.3. The van der Waals surface area contributed by atoms with Crippen LogP contribution in [0.2, 0.25) is 0 Å². The maximum Gasteiger partial charge on any atom is 0.228 e. The van der Waals surface area contributed by atoms with E-state index in [-0.39, 0.29) is 23.3 Å². The van der Waals surface area contributed by atoms with E-state index in [0.29, 0.717) is 52.8 Å². The smallest absolute Gasteiger partial charge is 0.228 e. The summed E-state index contributed by atoms with van der Waals surface area (Å²) in [5.41, 5.74) is 1.76. The van der Waals surface area contributed by atoms with Gasteiger partial charge in [-0.2, -0.15) is 5.10 Å². The third-order valence-electron chi connectivity index (χ3n) is 6.73. The maximum atomic E-state index is 12.9. The Bertz CT molecular complexity index is 1590. The van der Waals surface area contributed by atoms with Crippen molar-refractivity contribution >= 4 is 26.7 Å². The number of piperidine rings is 1. The second kappa shape index (κ2) is 11.0. The summed E-state index contributed by atoms with van der Waals surface area (Å²) in [6.45, 7) is 1.70. The molecular formula is C27H29N5O6S. The van der Waals surface area contributed by atoms with Gasteiger partial charge in [0.15, 0.2) is 21.3 Å². The Hall–Kier alpha value is -4.03. The number of carbonyl (C=O) groups is 1. The first-order chi connectivity index (χ1) is 18.8. The van der Waals surface area contributed by atoms with E-state index in [2.05, 4.69) is 20.0 Å². The van der Waals surface area contributed by atoms with Crippen LogP contribution in [0.15, 0.2) is 59.9 Å². The minimum atomic E-state index is -3.29. The van der Waals surface area contributed by atoms with Gasteiger partial charge in [-0.25, -0.2) is 23.1 Å². The van der Waals surface area contributed by atoms with Crippen LogP contribution in [-0.4, -0.2) is 85.1 Å². The number of benzene rings is 2. The van der Waals surface area contributed by atoms with Crippen LogP contribution in [0.3, 0.4) is 0 Å². The lowest BCUT2D eigenvalue weighted by atomic mass is 10.0. The number of carbonyl (C=O) groups excluding carboxylic acids is 1. The number of methoxy groups -OCH3 is 2. The molecule has 5 rings (SSSR count). The Balaban J connectivity index is 1.23. The molecule has 0 aliphatic carbocycles. The van der Waals surface area contributed by atoms with Crippen LogP contribution in [0.25, 0.3) is 16.7 Å². The summed E-state index contributed by atoms with van der Waals surface area (Å²) in [5.74, 6) is 1.56. The van der Waals surface area contributed by atoms with Crippen molar-refractivity contribution in [3.63, 3.8) is 0 Å². The highest BCUT2D eigenvalue weighted by Gasteiger charge is 2.25. The van der Waals surface area contributed by atoms with E-state index >= 15 is 0 Å². The molecule has 2 aromatic carbocycles. The van der Waals surface area contributed by atoms with Gasteiger partial charge in [-0.3, -0.25) is 9.69 Å². The van der Waals surface area contributed by atoms with Gasteiger partial charge in [0.2, 0.25) is 5.88 Å². The van der Waals surface area contributed by atoms with Crippen molar-refractivity contribution in [3.8, 4) is 23.1 Å².